The minimum Gasteiger partial charge on any atom is -0.490 e. The molecule has 0 amide bonds. The van der Waals surface area contributed by atoms with Gasteiger partial charge in [-0.05, 0) is 88.0 Å². The number of sulfone groups is 1. The predicted octanol–water partition coefficient (Wildman–Crippen LogP) is 8.64. The molecule has 13 heteroatoms. The lowest BCUT2D eigenvalue weighted by molar-refractivity contribution is 0.320. The highest BCUT2D eigenvalue weighted by Crippen LogP contribution is 2.44. The number of benzene rings is 2. The van der Waals surface area contributed by atoms with Crippen LogP contribution in [-0.2, 0) is 9.84 Å². The second-order valence-electron chi connectivity index (χ2n) is 6.01. The molecule has 0 radical (unpaired) electrons. The number of hydrogen-bond acceptors (Lipinski definition) is 4. The van der Waals surface area contributed by atoms with Gasteiger partial charge in [0.15, 0.2) is 0 Å². The largest absolute Gasteiger partial charge is 0.490 e. The number of alkyl halides is 4. The fourth-order valence-electron chi connectivity index (χ4n) is 2.26. The smallest absolute Gasteiger partial charge is 0.209 e. The molecule has 0 bridgehead atoms. The highest BCUT2D eigenvalue weighted by atomic mass is 79.9. The Hall–Kier alpha value is 1.83. The Morgan fingerprint density at radius 3 is 1.39 bits per heavy atom. The summed E-state index contributed by atoms with van der Waals surface area (Å²) in [5, 5.41) is 1.39. The summed E-state index contributed by atoms with van der Waals surface area (Å²) in [4.78, 5) is 0.321. The van der Waals surface area contributed by atoms with Crippen molar-refractivity contribution >= 4 is 137 Å². The third-order valence-electron chi connectivity index (χ3n) is 3.76. The minimum absolute atomic E-state index is 0.0738. The second-order valence-corrected chi connectivity index (χ2v) is 15.1. The van der Waals surface area contributed by atoms with E-state index in [-0.39, 0.29) is 19.4 Å². The second kappa shape index (κ2) is 13.2. The van der Waals surface area contributed by atoms with E-state index in [1.807, 2.05) is 0 Å². The van der Waals surface area contributed by atoms with Crippen LogP contribution >= 0.6 is 127 Å². The van der Waals surface area contributed by atoms with Crippen molar-refractivity contribution in [2.45, 2.75) is 19.4 Å². The molecular formula is C18H14Br8O4S. The van der Waals surface area contributed by atoms with Gasteiger partial charge in [0.05, 0.1) is 37.3 Å². The van der Waals surface area contributed by atoms with Crippen LogP contribution in [0.3, 0.4) is 0 Å². The van der Waals surface area contributed by atoms with Crippen molar-refractivity contribution in [1.29, 1.82) is 0 Å². The molecule has 0 aliphatic rings. The van der Waals surface area contributed by atoms with Crippen LogP contribution in [0.2, 0.25) is 0 Å². The Kier molecular flexibility index (Phi) is 12.4. The monoisotopic (exact) mass is 957 g/mol. The topological polar surface area (TPSA) is 52.6 Å². The fraction of sp³-hybridized carbons (Fsp3) is 0.333. The molecule has 4 nitrogen and oxygen atoms in total. The molecule has 0 aliphatic carbocycles. The molecule has 2 rings (SSSR count). The van der Waals surface area contributed by atoms with Crippen LogP contribution in [0.5, 0.6) is 11.5 Å². The molecular weight excluding hydrogens is 951 g/mol. The molecule has 0 aliphatic heterocycles. The quantitative estimate of drug-likeness (QED) is 0.224. The Morgan fingerprint density at radius 2 is 1.06 bits per heavy atom. The summed E-state index contributed by atoms with van der Waals surface area (Å²) in [6, 6.07) is 6.36. The highest BCUT2D eigenvalue weighted by molar-refractivity contribution is 9.12. The highest BCUT2D eigenvalue weighted by Gasteiger charge is 2.28. The maximum Gasteiger partial charge on any atom is 0.209 e. The van der Waals surface area contributed by atoms with Crippen LogP contribution in [-0.4, -0.2) is 41.9 Å². The number of hydrogen-bond donors (Lipinski definition) is 0. The van der Waals surface area contributed by atoms with E-state index in [1.165, 1.54) is 12.1 Å². The zero-order valence-corrected chi connectivity index (χ0v) is 28.9. The van der Waals surface area contributed by atoms with Gasteiger partial charge in [0.2, 0.25) is 9.84 Å². The van der Waals surface area contributed by atoms with Crippen molar-refractivity contribution in [2.75, 3.05) is 23.9 Å². The SMILES string of the molecule is O=S(=O)(c1ccc(Br)c(OCC(Br)CBr)c1Br)c1ccc(Br)c(OCC(Br)CBr)c1Br. The van der Waals surface area contributed by atoms with Gasteiger partial charge in [0.1, 0.15) is 24.7 Å². The first kappa shape index (κ1) is 29.1. The molecule has 0 N–H and O–H groups in total. The van der Waals surface area contributed by atoms with E-state index >= 15 is 0 Å². The van der Waals surface area contributed by atoms with Gasteiger partial charge in [-0.3, -0.25) is 0 Å². The zero-order valence-electron chi connectivity index (χ0n) is 15.4. The molecule has 2 atom stereocenters. The molecule has 172 valence electrons. The van der Waals surface area contributed by atoms with Crippen LogP contribution in [0.4, 0.5) is 0 Å². The van der Waals surface area contributed by atoms with Gasteiger partial charge in [0, 0.05) is 10.7 Å². The molecule has 0 saturated carbocycles. The summed E-state index contributed by atoms with van der Waals surface area (Å²) >= 11 is 27.4. The zero-order chi connectivity index (χ0) is 23.3. The molecule has 0 aromatic heterocycles. The molecule has 0 fully saturated rings. The van der Waals surface area contributed by atoms with E-state index < -0.39 is 9.84 Å². The van der Waals surface area contributed by atoms with Gasteiger partial charge in [0.25, 0.3) is 0 Å². The average Bonchev–Trinajstić information content (AvgIpc) is 2.72. The van der Waals surface area contributed by atoms with E-state index in [4.69, 9.17) is 9.47 Å². The normalized spacial score (nSPS) is 13.7. The predicted molar refractivity (Wildman–Crippen MR) is 153 cm³/mol. The molecule has 0 saturated heterocycles. The summed E-state index contributed by atoms with van der Waals surface area (Å²) in [5.41, 5.74) is 0. The fourth-order valence-corrected chi connectivity index (χ4v) is 7.91. The summed E-state index contributed by atoms with van der Waals surface area (Å²) < 4.78 is 40.8. The summed E-state index contributed by atoms with van der Waals surface area (Å²) in [5.74, 6) is 0.825. The van der Waals surface area contributed by atoms with Gasteiger partial charge < -0.3 is 9.47 Å². The van der Waals surface area contributed by atoms with Crippen LogP contribution < -0.4 is 9.47 Å². The van der Waals surface area contributed by atoms with Crippen LogP contribution in [0.1, 0.15) is 0 Å². The number of rotatable bonds is 10. The van der Waals surface area contributed by atoms with Crippen molar-refractivity contribution in [3.05, 3.63) is 42.2 Å². The van der Waals surface area contributed by atoms with Crippen molar-refractivity contribution in [1.82, 2.24) is 0 Å². The average molecular weight is 966 g/mol. The Bertz CT molecular complexity index is 956. The standard InChI is InChI=1S/C18H14Br8O4S/c19-5-9(21)7-29-17-11(23)1-3-13(15(17)25)31(27,28)14-4-2-12(24)18(16(14)26)30-8-10(22)6-20/h1-4,9-10H,5-8H2. The summed E-state index contributed by atoms with van der Waals surface area (Å²) in [7, 11) is -3.90. The molecule has 2 aromatic carbocycles. The van der Waals surface area contributed by atoms with Crippen LogP contribution in [0.15, 0.2) is 51.9 Å². The lowest BCUT2D eigenvalue weighted by Crippen LogP contribution is -2.14. The molecule has 0 heterocycles. The minimum atomic E-state index is -3.90. The van der Waals surface area contributed by atoms with Crippen LogP contribution in [0, 0.1) is 0 Å². The van der Waals surface area contributed by atoms with E-state index in [2.05, 4.69) is 127 Å². The van der Waals surface area contributed by atoms with Crippen LogP contribution in [0.25, 0.3) is 0 Å². The Balaban J connectivity index is 2.50. The third kappa shape index (κ3) is 7.41. The van der Waals surface area contributed by atoms with Crippen molar-refractivity contribution in [3.8, 4) is 11.5 Å². The lowest BCUT2D eigenvalue weighted by atomic mass is 10.3. The van der Waals surface area contributed by atoms with E-state index in [0.29, 0.717) is 53.3 Å². The van der Waals surface area contributed by atoms with E-state index in [0.717, 1.165) is 0 Å². The lowest BCUT2D eigenvalue weighted by Gasteiger charge is -2.18. The van der Waals surface area contributed by atoms with Gasteiger partial charge in [-0.2, -0.15) is 0 Å². The molecule has 2 aromatic rings. The molecule has 31 heavy (non-hydrogen) atoms. The van der Waals surface area contributed by atoms with Gasteiger partial charge in [-0.1, -0.05) is 63.7 Å². The first-order valence-corrected chi connectivity index (χ1v) is 17.1. The maximum absolute atomic E-state index is 13.6. The maximum atomic E-state index is 13.6. The van der Waals surface area contributed by atoms with Crippen molar-refractivity contribution < 1.29 is 17.9 Å². The summed E-state index contributed by atoms with van der Waals surface area (Å²) in [6.45, 7) is 0.709. The molecule has 0 spiro atoms. The molecule has 2 unspecified atom stereocenters. The van der Waals surface area contributed by atoms with Crippen molar-refractivity contribution in [2.24, 2.45) is 0 Å². The van der Waals surface area contributed by atoms with E-state index in [1.54, 1.807) is 12.1 Å². The van der Waals surface area contributed by atoms with E-state index in [9.17, 15) is 8.42 Å². The van der Waals surface area contributed by atoms with Gasteiger partial charge in [-0.15, -0.1) is 0 Å². The summed E-state index contributed by atoms with van der Waals surface area (Å²) in [6.07, 6.45) is 0. The van der Waals surface area contributed by atoms with Gasteiger partial charge in [-0.25, -0.2) is 8.42 Å². The number of ether oxygens (including phenoxy) is 2. The first-order chi connectivity index (χ1) is 14.5. The Labute approximate surface area is 248 Å². The number of halogens is 8. The van der Waals surface area contributed by atoms with Crippen molar-refractivity contribution in [3.63, 3.8) is 0 Å². The Morgan fingerprint density at radius 1 is 0.710 bits per heavy atom. The first-order valence-electron chi connectivity index (χ1n) is 8.41. The van der Waals surface area contributed by atoms with Gasteiger partial charge >= 0.3 is 0 Å². The third-order valence-corrected chi connectivity index (χ3v) is 13.4.